The van der Waals surface area contributed by atoms with Crippen LogP contribution in [0.3, 0.4) is 0 Å². The topological polar surface area (TPSA) is 55.4 Å². The van der Waals surface area contributed by atoms with Gasteiger partial charge in [-0.15, -0.1) is 0 Å². The maximum atomic E-state index is 6.31. The Hall–Kier alpha value is 1.06. The average molecular weight is 359 g/mol. The van der Waals surface area contributed by atoms with Crippen molar-refractivity contribution < 1.29 is 24.7 Å². The van der Waals surface area contributed by atoms with Gasteiger partial charge in [0.25, 0.3) is 20.0 Å². The summed E-state index contributed by atoms with van der Waals surface area (Å²) in [5.41, 5.74) is 0. The van der Waals surface area contributed by atoms with E-state index in [-0.39, 0.29) is 0 Å². The van der Waals surface area contributed by atoms with Crippen molar-refractivity contribution in [3.8, 4) is 0 Å². The third-order valence-electron chi connectivity index (χ3n) is 3.03. The van der Waals surface area contributed by atoms with Gasteiger partial charge < -0.3 is 24.7 Å². The van der Waals surface area contributed by atoms with Crippen LogP contribution in [-0.2, 0) is 24.7 Å². The first-order valence-corrected chi connectivity index (χ1v) is 19.6. The van der Waals surface area contributed by atoms with Crippen molar-refractivity contribution in [3.05, 3.63) is 0 Å². The third-order valence-corrected chi connectivity index (χ3v) is 31.7. The molecule has 0 saturated carbocycles. The molecule has 0 aromatic heterocycles. The molecule has 0 amide bonds. The van der Waals surface area contributed by atoms with Crippen LogP contribution in [0.2, 0.25) is 39.3 Å². The van der Waals surface area contributed by atoms with Gasteiger partial charge in [0.15, 0.2) is 0 Å². The van der Waals surface area contributed by atoms with E-state index >= 15 is 0 Å². The first kappa shape index (κ1) is 15.5. The maximum Gasteiger partial charge on any atom is 0.362 e. The summed E-state index contributed by atoms with van der Waals surface area (Å²) < 4.78 is 36.0. The van der Waals surface area contributed by atoms with Crippen LogP contribution >= 0.6 is 0 Å². The Balaban J connectivity index is 2.28. The zero-order valence-electron chi connectivity index (χ0n) is 11.9. The van der Waals surface area contributed by atoms with Crippen LogP contribution in [0.4, 0.5) is 0 Å². The summed E-state index contributed by atoms with van der Waals surface area (Å²) in [4.78, 5) is 0. The summed E-state index contributed by atoms with van der Waals surface area (Å²) in [6.07, 6.45) is 0. The zero-order valence-corrected chi connectivity index (χ0v) is 18.7. The molecule has 0 atom stereocenters. The van der Waals surface area contributed by atoms with Gasteiger partial charge in [0.05, 0.1) is 0 Å². The number of hydrogen-bond acceptors (Lipinski definition) is 6. The molecule has 12 heteroatoms. The molecule has 0 unspecified atom stereocenters. The lowest BCUT2D eigenvalue weighted by Gasteiger charge is -2.53. The van der Waals surface area contributed by atoms with Gasteiger partial charge in [0.2, 0.25) is 0 Å². The predicted octanol–water partition coefficient (Wildman–Crippen LogP) is -0.263. The second-order valence-electron chi connectivity index (χ2n) is 5.73. The van der Waals surface area contributed by atoms with Gasteiger partial charge in [0, 0.05) is 0 Å². The van der Waals surface area contributed by atoms with Crippen LogP contribution in [-0.4, -0.2) is 53.3 Å². The van der Waals surface area contributed by atoms with Crippen LogP contribution in [0.15, 0.2) is 0 Å². The highest BCUT2D eigenvalue weighted by atomic mass is 29.3. The molecule has 106 valence electrons. The van der Waals surface area contributed by atoms with Gasteiger partial charge in [-0.3, -0.25) is 0 Å². The minimum absolute atomic E-state index is 0.887. The first-order valence-electron chi connectivity index (χ1n) is 6.04. The Labute approximate surface area is 117 Å². The summed E-state index contributed by atoms with van der Waals surface area (Å²) in [6.45, 7) is 12.5. The SMILES string of the molecule is C[Si]1(C)O[Si](C)(C)O[Si](C)([Si]2(C)O[SiH2]O[SiH2]O2)O1. The van der Waals surface area contributed by atoms with E-state index in [4.69, 9.17) is 24.7 Å². The van der Waals surface area contributed by atoms with Crippen molar-refractivity contribution in [2.45, 2.75) is 39.3 Å². The molecule has 0 N–H and O–H groups in total. The van der Waals surface area contributed by atoms with E-state index in [1.165, 1.54) is 0 Å². The summed E-state index contributed by atoms with van der Waals surface area (Å²) in [5.74, 6) is 0. The fraction of sp³-hybridized carbons (Fsp3) is 1.00. The molecule has 2 saturated heterocycles. The average Bonchev–Trinajstić information content (AvgIpc) is 2.12. The summed E-state index contributed by atoms with van der Waals surface area (Å²) in [7, 11) is -10.8. The smallest absolute Gasteiger partial charge is 0.362 e. The zero-order chi connectivity index (χ0) is 13.7. The van der Waals surface area contributed by atoms with Crippen molar-refractivity contribution in [2.24, 2.45) is 0 Å². The van der Waals surface area contributed by atoms with E-state index < -0.39 is 53.3 Å². The van der Waals surface area contributed by atoms with Gasteiger partial charge in [0.1, 0.15) is 0 Å². The second kappa shape index (κ2) is 4.81. The van der Waals surface area contributed by atoms with E-state index in [0.29, 0.717) is 0 Å². The van der Waals surface area contributed by atoms with E-state index in [1.807, 2.05) is 0 Å². The van der Waals surface area contributed by atoms with E-state index in [9.17, 15) is 0 Å². The van der Waals surface area contributed by atoms with Crippen LogP contribution in [0.5, 0.6) is 0 Å². The van der Waals surface area contributed by atoms with Crippen LogP contribution in [0.25, 0.3) is 0 Å². The highest BCUT2D eigenvalue weighted by Gasteiger charge is 2.66. The van der Waals surface area contributed by atoms with Gasteiger partial charge in [-0.25, -0.2) is 0 Å². The molecule has 0 radical (unpaired) electrons. The minimum Gasteiger partial charge on any atom is -0.425 e. The van der Waals surface area contributed by atoms with Crippen molar-refractivity contribution in [1.82, 2.24) is 0 Å². The minimum atomic E-state index is -2.45. The van der Waals surface area contributed by atoms with E-state index in [0.717, 1.165) is 0 Å². The van der Waals surface area contributed by atoms with Crippen molar-refractivity contribution in [2.75, 3.05) is 0 Å². The van der Waals surface area contributed by atoms with E-state index in [1.54, 1.807) is 0 Å². The normalized spacial score (nSPS) is 41.0. The van der Waals surface area contributed by atoms with Crippen molar-refractivity contribution >= 4 is 53.3 Å². The maximum absolute atomic E-state index is 6.31. The van der Waals surface area contributed by atoms with Crippen molar-refractivity contribution in [1.29, 1.82) is 0 Å². The molecule has 2 aliphatic rings. The Morgan fingerprint density at radius 1 is 0.611 bits per heavy atom. The fourth-order valence-electron chi connectivity index (χ4n) is 2.42. The molecular weight excluding hydrogens is 337 g/mol. The Morgan fingerprint density at radius 3 is 1.50 bits per heavy atom. The fourth-order valence-corrected chi connectivity index (χ4v) is 38.7. The molecule has 2 heterocycles. The number of rotatable bonds is 1. The predicted molar refractivity (Wildman–Crippen MR) is 81.8 cm³/mol. The molecule has 0 aromatic rings. The summed E-state index contributed by atoms with van der Waals surface area (Å²) >= 11 is 0. The lowest BCUT2D eigenvalue weighted by Crippen LogP contribution is -2.78. The summed E-state index contributed by atoms with van der Waals surface area (Å²) in [6, 6.07) is 0. The van der Waals surface area contributed by atoms with Gasteiger partial charge in [-0.2, -0.15) is 0 Å². The van der Waals surface area contributed by atoms with Gasteiger partial charge in [-0.1, -0.05) is 0 Å². The monoisotopic (exact) mass is 358 g/mol. The quantitative estimate of drug-likeness (QED) is 0.602. The van der Waals surface area contributed by atoms with Gasteiger partial charge in [-0.05, 0) is 39.3 Å². The molecule has 2 aliphatic heterocycles. The molecule has 0 aromatic carbocycles. The van der Waals surface area contributed by atoms with E-state index in [2.05, 4.69) is 39.3 Å². The second-order valence-corrected chi connectivity index (χ2v) is 27.4. The lowest BCUT2D eigenvalue weighted by atomic mass is 11.9. The largest absolute Gasteiger partial charge is 0.425 e. The van der Waals surface area contributed by atoms with Crippen LogP contribution < -0.4 is 0 Å². The molecular formula is C6H22O6Si6. The molecule has 0 aliphatic carbocycles. The molecule has 0 bridgehead atoms. The Kier molecular flexibility index (Phi) is 4.13. The molecule has 18 heavy (non-hydrogen) atoms. The summed E-state index contributed by atoms with van der Waals surface area (Å²) in [5, 5.41) is 0. The van der Waals surface area contributed by atoms with Crippen LogP contribution in [0, 0.1) is 0 Å². The Morgan fingerprint density at radius 2 is 1.06 bits per heavy atom. The molecule has 2 rings (SSSR count). The first-order chi connectivity index (χ1) is 8.08. The third kappa shape index (κ3) is 3.04. The van der Waals surface area contributed by atoms with Crippen LogP contribution in [0.1, 0.15) is 0 Å². The number of hydrogen-bond donors (Lipinski definition) is 0. The highest BCUT2D eigenvalue weighted by Crippen LogP contribution is 2.36. The standard InChI is InChI=1S/C6H22O6Si6/c1-15(2)10-16(3,4)12-18(6,11-15)17(5)8-13-7-14-9-17/h13-14H2,1-6H3. The molecule has 0 spiro atoms. The van der Waals surface area contributed by atoms with Gasteiger partial charge >= 0.3 is 33.3 Å². The Bertz CT molecular complexity index is 315. The molecule has 2 fully saturated rings. The van der Waals surface area contributed by atoms with Crippen molar-refractivity contribution in [3.63, 3.8) is 0 Å². The molecule has 6 nitrogen and oxygen atoms in total. The highest BCUT2D eigenvalue weighted by molar-refractivity contribution is 7.35. The lowest BCUT2D eigenvalue weighted by molar-refractivity contribution is 0.223.